The Bertz CT molecular complexity index is 873. The van der Waals surface area contributed by atoms with Gasteiger partial charge in [0, 0.05) is 5.56 Å². The summed E-state index contributed by atoms with van der Waals surface area (Å²) in [7, 11) is 0. The van der Waals surface area contributed by atoms with Gasteiger partial charge in [-0.25, -0.2) is 9.07 Å². The van der Waals surface area contributed by atoms with Crippen LogP contribution in [0.5, 0.6) is 0 Å². The zero-order valence-corrected chi connectivity index (χ0v) is 13.3. The Kier molecular flexibility index (Phi) is 4.97. The number of carbonyl (C=O) groups is 1. The predicted octanol–water partition coefficient (Wildman–Crippen LogP) is -1.47. The maximum atomic E-state index is 12.9. The zero-order chi connectivity index (χ0) is 18.8. The van der Waals surface area contributed by atoms with E-state index in [9.17, 15) is 24.5 Å². The number of carbonyl (C=O) groups excluding carboxylic acids is 1. The van der Waals surface area contributed by atoms with Crippen LogP contribution in [-0.4, -0.2) is 60.9 Å². The number of rotatable bonds is 3. The normalized spacial score (nSPS) is 24.9. The van der Waals surface area contributed by atoms with Crippen molar-refractivity contribution in [3.63, 3.8) is 0 Å². The third-order valence-corrected chi connectivity index (χ3v) is 3.77. The van der Waals surface area contributed by atoms with Gasteiger partial charge in [0.05, 0.1) is 6.61 Å². The molecule has 26 heavy (non-hydrogen) atoms. The van der Waals surface area contributed by atoms with Gasteiger partial charge in [0.1, 0.15) is 24.1 Å². The number of halogens is 1. The number of ether oxygens (including phenoxy) is 1. The van der Waals surface area contributed by atoms with Crippen molar-refractivity contribution in [2.75, 3.05) is 6.61 Å². The van der Waals surface area contributed by atoms with Crippen molar-refractivity contribution in [1.82, 2.24) is 14.8 Å². The summed E-state index contributed by atoms with van der Waals surface area (Å²) >= 11 is 0. The standard InChI is InChI=1S/C16H15FN4O5/c17-9-4-1-8(2-5-9)3-6-11-19-15(14(18)25)20-21(11)16-13(24)12(23)10(7-22)26-16/h1-2,4-5,10,12-13,16,22-24H,7H2,(H2,18,25)/t10-,12-,13-,16-/m1/s1. The summed E-state index contributed by atoms with van der Waals surface area (Å²) in [4.78, 5) is 15.3. The number of nitrogens with zero attached hydrogens (tertiary/aromatic N) is 3. The minimum absolute atomic E-state index is 0.0574. The molecule has 3 rings (SSSR count). The summed E-state index contributed by atoms with van der Waals surface area (Å²) in [5.74, 6) is 3.61. The molecule has 0 saturated carbocycles. The highest BCUT2D eigenvalue weighted by Gasteiger charge is 2.44. The fraction of sp³-hybridized carbons (Fsp3) is 0.312. The quantitative estimate of drug-likeness (QED) is 0.488. The Morgan fingerprint density at radius 1 is 1.27 bits per heavy atom. The molecular weight excluding hydrogens is 347 g/mol. The lowest BCUT2D eigenvalue weighted by atomic mass is 10.1. The van der Waals surface area contributed by atoms with E-state index in [1.165, 1.54) is 24.3 Å². The van der Waals surface area contributed by atoms with Crippen molar-refractivity contribution >= 4 is 5.91 Å². The number of hydrogen-bond donors (Lipinski definition) is 4. The van der Waals surface area contributed by atoms with Gasteiger partial charge in [-0.1, -0.05) is 5.92 Å². The third-order valence-electron chi connectivity index (χ3n) is 3.77. The average molecular weight is 362 g/mol. The molecule has 9 nitrogen and oxygen atoms in total. The van der Waals surface area contributed by atoms with Gasteiger partial charge in [-0.3, -0.25) is 4.79 Å². The largest absolute Gasteiger partial charge is 0.394 e. The first-order chi connectivity index (χ1) is 12.4. The van der Waals surface area contributed by atoms with E-state index in [1.54, 1.807) is 0 Å². The van der Waals surface area contributed by atoms with Gasteiger partial charge in [-0.05, 0) is 30.2 Å². The number of amides is 1. The van der Waals surface area contributed by atoms with Gasteiger partial charge in [-0.2, -0.15) is 4.98 Å². The summed E-state index contributed by atoms with van der Waals surface area (Å²) < 4.78 is 19.3. The molecule has 10 heteroatoms. The molecule has 1 aromatic heterocycles. The van der Waals surface area contributed by atoms with Crippen LogP contribution in [0.4, 0.5) is 4.39 Å². The molecule has 2 heterocycles. The number of benzene rings is 1. The lowest BCUT2D eigenvalue weighted by molar-refractivity contribution is -0.0592. The number of aliphatic hydroxyl groups is 3. The fourth-order valence-electron chi connectivity index (χ4n) is 2.43. The van der Waals surface area contributed by atoms with E-state index in [-0.39, 0.29) is 11.6 Å². The Balaban J connectivity index is 1.98. The van der Waals surface area contributed by atoms with E-state index in [0.717, 1.165) is 4.68 Å². The summed E-state index contributed by atoms with van der Waals surface area (Å²) in [5.41, 5.74) is 5.65. The third kappa shape index (κ3) is 3.42. The topological polar surface area (TPSA) is 144 Å². The molecule has 136 valence electrons. The molecule has 0 radical (unpaired) electrons. The highest BCUT2D eigenvalue weighted by molar-refractivity contribution is 5.88. The molecule has 0 bridgehead atoms. The fourth-order valence-corrected chi connectivity index (χ4v) is 2.43. The van der Waals surface area contributed by atoms with Crippen LogP contribution in [0.2, 0.25) is 0 Å². The van der Waals surface area contributed by atoms with E-state index in [0.29, 0.717) is 5.56 Å². The summed E-state index contributed by atoms with van der Waals surface area (Å²) in [6, 6.07) is 5.36. The predicted molar refractivity (Wildman–Crippen MR) is 83.9 cm³/mol. The number of hydrogen-bond acceptors (Lipinski definition) is 7. The molecule has 5 N–H and O–H groups in total. The zero-order valence-electron chi connectivity index (χ0n) is 13.3. The molecule has 4 atom stereocenters. The maximum Gasteiger partial charge on any atom is 0.288 e. The number of aromatic nitrogens is 3. The van der Waals surface area contributed by atoms with Crippen molar-refractivity contribution < 1.29 is 29.2 Å². The summed E-state index contributed by atoms with van der Waals surface area (Å²) in [6.45, 7) is -0.525. The second-order valence-electron chi connectivity index (χ2n) is 5.55. The first kappa shape index (κ1) is 18.0. The monoisotopic (exact) mass is 362 g/mol. The SMILES string of the molecule is NC(=O)c1nc(C#Cc2ccc(F)cc2)n([C@@H]2O[C@H](CO)[C@@H](O)[C@H]2O)n1. The van der Waals surface area contributed by atoms with Crippen LogP contribution in [0.25, 0.3) is 0 Å². The number of primary amides is 1. The smallest absolute Gasteiger partial charge is 0.288 e. The van der Waals surface area contributed by atoms with Crippen molar-refractivity contribution in [1.29, 1.82) is 0 Å². The molecule has 1 aliphatic heterocycles. The van der Waals surface area contributed by atoms with Crippen molar-refractivity contribution in [3.8, 4) is 11.8 Å². The van der Waals surface area contributed by atoms with E-state index >= 15 is 0 Å². The van der Waals surface area contributed by atoms with Crippen LogP contribution in [0, 0.1) is 17.7 Å². The molecule has 0 unspecified atom stereocenters. The van der Waals surface area contributed by atoms with E-state index in [4.69, 9.17) is 10.5 Å². The Morgan fingerprint density at radius 2 is 1.96 bits per heavy atom. The van der Waals surface area contributed by atoms with Crippen LogP contribution >= 0.6 is 0 Å². The lowest BCUT2D eigenvalue weighted by Gasteiger charge is -2.15. The van der Waals surface area contributed by atoms with Crippen LogP contribution < -0.4 is 5.73 Å². The van der Waals surface area contributed by atoms with Gasteiger partial charge in [0.2, 0.25) is 11.6 Å². The lowest BCUT2D eigenvalue weighted by Crippen LogP contribution is -2.33. The van der Waals surface area contributed by atoms with Gasteiger partial charge in [0.15, 0.2) is 6.23 Å². The molecule has 1 amide bonds. The first-order valence-corrected chi connectivity index (χ1v) is 7.57. The molecule has 0 spiro atoms. The molecule has 0 aliphatic carbocycles. The van der Waals surface area contributed by atoms with Crippen LogP contribution in [0.3, 0.4) is 0 Å². The summed E-state index contributed by atoms with van der Waals surface area (Å²) in [5, 5.41) is 33.0. The van der Waals surface area contributed by atoms with E-state index in [2.05, 4.69) is 21.9 Å². The van der Waals surface area contributed by atoms with Crippen LogP contribution in [0.15, 0.2) is 24.3 Å². The van der Waals surface area contributed by atoms with Gasteiger partial charge in [0.25, 0.3) is 5.91 Å². The molecule has 1 aromatic carbocycles. The second kappa shape index (κ2) is 7.19. The van der Waals surface area contributed by atoms with Gasteiger partial charge in [-0.15, -0.1) is 5.10 Å². The molecule has 1 aliphatic rings. The van der Waals surface area contributed by atoms with Crippen LogP contribution in [-0.2, 0) is 4.74 Å². The number of aliphatic hydroxyl groups excluding tert-OH is 3. The van der Waals surface area contributed by atoms with Gasteiger partial charge >= 0.3 is 0 Å². The molecular formula is C16H15FN4O5. The van der Waals surface area contributed by atoms with E-state index in [1.807, 2.05) is 0 Å². The maximum absolute atomic E-state index is 12.9. The molecule has 2 aromatic rings. The number of nitrogens with two attached hydrogens (primary N) is 1. The Labute approximate surface area is 146 Å². The molecule has 1 fully saturated rings. The van der Waals surface area contributed by atoms with Crippen LogP contribution in [0.1, 0.15) is 28.2 Å². The average Bonchev–Trinajstić information content (AvgIpc) is 3.16. The summed E-state index contributed by atoms with van der Waals surface area (Å²) in [6.07, 6.45) is -5.04. The second-order valence-corrected chi connectivity index (χ2v) is 5.55. The van der Waals surface area contributed by atoms with E-state index < -0.39 is 42.9 Å². The van der Waals surface area contributed by atoms with Gasteiger partial charge < -0.3 is 25.8 Å². The Morgan fingerprint density at radius 3 is 2.54 bits per heavy atom. The van der Waals surface area contributed by atoms with Crippen molar-refractivity contribution in [2.45, 2.75) is 24.5 Å². The Hall–Kier alpha value is -2.84. The van der Waals surface area contributed by atoms with Crippen molar-refractivity contribution in [3.05, 3.63) is 47.3 Å². The highest BCUT2D eigenvalue weighted by Crippen LogP contribution is 2.29. The van der Waals surface area contributed by atoms with Crippen molar-refractivity contribution in [2.24, 2.45) is 5.73 Å². The minimum atomic E-state index is -1.43. The highest BCUT2D eigenvalue weighted by atomic mass is 19.1. The minimum Gasteiger partial charge on any atom is -0.394 e. The molecule has 1 saturated heterocycles. The first-order valence-electron chi connectivity index (χ1n) is 7.57.